The zero-order valence-electron chi connectivity index (χ0n) is 9.47. The van der Waals surface area contributed by atoms with Gasteiger partial charge in [0.1, 0.15) is 0 Å². The molecule has 0 aliphatic heterocycles. The van der Waals surface area contributed by atoms with Gasteiger partial charge in [0.2, 0.25) is 11.9 Å². The number of aliphatic hydroxyl groups is 1. The summed E-state index contributed by atoms with van der Waals surface area (Å²) in [6, 6.07) is 0.184. The van der Waals surface area contributed by atoms with Crippen molar-refractivity contribution in [3.8, 4) is 6.01 Å². The Morgan fingerprint density at radius 2 is 2.12 bits per heavy atom. The summed E-state index contributed by atoms with van der Waals surface area (Å²) in [6.07, 6.45) is 0.222. The standard InChI is InChI=1S/C9H17N5O2/c1-3-6(15)5-11-8-12-7(10)13-9(14-8)16-4-2/h6,15H,3-5H2,1-2H3,(H3,10,11,12,13,14). The lowest BCUT2D eigenvalue weighted by Gasteiger charge is -2.10. The highest BCUT2D eigenvalue weighted by atomic mass is 16.5. The normalized spacial score (nSPS) is 12.2. The molecule has 7 heteroatoms. The zero-order chi connectivity index (χ0) is 12.0. The van der Waals surface area contributed by atoms with E-state index in [1.54, 1.807) is 0 Å². The number of hydrogen-bond donors (Lipinski definition) is 3. The van der Waals surface area contributed by atoms with Gasteiger partial charge in [0.05, 0.1) is 12.7 Å². The molecular weight excluding hydrogens is 210 g/mol. The van der Waals surface area contributed by atoms with E-state index in [0.29, 0.717) is 25.5 Å². The predicted molar refractivity (Wildman–Crippen MR) is 60.2 cm³/mol. The lowest BCUT2D eigenvalue weighted by atomic mass is 10.3. The van der Waals surface area contributed by atoms with Crippen molar-refractivity contribution in [2.45, 2.75) is 26.4 Å². The lowest BCUT2D eigenvalue weighted by Crippen LogP contribution is -2.20. The van der Waals surface area contributed by atoms with Gasteiger partial charge in [0.25, 0.3) is 0 Å². The minimum absolute atomic E-state index is 0.0898. The molecule has 16 heavy (non-hydrogen) atoms. The fraction of sp³-hybridized carbons (Fsp3) is 0.667. The maximum absolute atomic E-state index is 9.37. The summed E-state index contributed by atoms with van der Waals surface area (Å²) in [5, 5.41) is 12.2. The van der Waals surface area contributed by atoms with Gasteiger partial charge >= 0.3 is 6.01 Å². The first kappa shape index (κ1) is 12.4. The van der Waals surface area contributed by atoms with Crippen LogP contribution in [0.4, 0.5) is 11.9 Å². The number of aliphatic hydroxyl groups excluding tert-OH is 1. The molecule has 0 amide bonds. The molecule has 0 spiro atoms. The van der Waals surface area contributed by atoms with Crippen molar-refractivity contribution in [3.05, 3.63) is 0 Å². The third kappa shape index (κ3) is 3.85. The monoisotopic (exact) mass is 227 g/mol. The van der Waals surface area contributed by atoms with Crippen LogP contribution >= 0.6 is 0 Å². The highest BCUT2D eigenvalue weighted by Crippen LogP contribution is 2.08. The van der Waals surface area contributed by atoms with E-state index < -0.39 is 6.10 Å². The van der Waals surface area contributed by atoms with Gasteiger partial charge < -0.3 is 20.9 Å². The van der Waals surface area contributed by atoms with Gasteiger partial charge in [-0.05, 0) is 13.3 Å². The van der Waals surface area contributed by atoms with Crippen molar-refractivity contribution in [2.24, 2.45) is 0 Å². The van der Waals surface area contributed by atoms with E-state index in [1.165, 1.54) is 0 Å². The molecule has 1 rings (SSSR count). The van der Waals surface area contributed by atoms with Gasteiger partial charge in [0, 0.05) is 6.54 Å². The molecule has 4 N–H and O–H groups in total. The maximum Gasteiger partial charge on any atom is 0.323 e. The van der Waals surface area contributed by atoms with Crippen LogP contribution in [0.1, 0.15) is 20.3 Å². The van der Waals surface area contributed by atoms with Crippen LogP contribution in [0.5, 0.6) is 6.01 Å². The molecule has 0 aliphatic carbocycles. The lowest BCUT2D eigenvalue weighted by molar-refractivity contribution is 0.183. The Morgan fingerprint density at radius 3 is 2.75 bits per heavy atom. The number of anilines is 2. The average molecular weight is 227 g/mol. The summed E-state index contributed by atoms with van der Waals surface area (Å²) >= 11 is 0. The molecule has 1 unspecified atom stereocenters. The number of nitrogens with one attached hydrogen (secondary N) is 1. The summed E-state index contributed by atoms with van der Waals surface area (Å²) in [4.78, 5) is 11.7. The number of nitrogen functional groups attached to an aromatic ring is 1. The van der Waals surface area contributed by atoms with Crippen molar-refractivity contribution in [2.75, 3.05) is 24.2 Å². The molecule has 0 saturated heterocycles. The Kier molecular flexibility index (Phi) is 4.71. The van der Waals surface area contributed by atoms with Crippen LogP contribution in [0.2, 0.25) is 0 Å². The van der Waals surface area contributed by atoms with Gasteiger partial charge in [0.15, 0.2) is 0 Å². The SMILES string of the molecule is CCOc1nc(N)nc(NCC(O)CC)n1. The molecular formula is C9H17N5O2. The minimum atomic E-state index is -0.437. The molecule has 0 aliphatic rings. The van der Waals surface area contributed by atoms with Crippen molar-refractivity contribution < 1.29 is 9.84 Å². The molecule has 1 heterocycles. The molecule has 0 aromatic carbocycles. The molecule has 0 bridgehead atoms. The van der Waals surface area contributed by atoms with Gasteiger partial charge in [-0.2, -0.15) is 15.0 Å². The van der Waals surface area contributed by atoms with E-state index in [4.69, 9.17) is 10.5 Å². The van der Waals surface area contributed by atoms with Crippen molar-refractivity contribution in [1.29, 1.82) is 0 Å². The summed E-state index contributed by atoms with van der Waals surface area (Å²) in [5.74, 6) is 0.399. The van der Waals surface area contributed by atoms with Crippen molar-refractivity contribution in [1.82, 2.24) is 15.0 Å². The summed E-state index contributed by atoms with van der Waals surface area (Å²) in [5.41, 5.74) is 5.48. The molecule has 0 fully saturated rings. The molecule has 7 nitrogen and oxygen atoms in total. The quantitative estimate of drug-likeness (QED) is 0.629. The second kappa shape index (κ2) is 6.06. The van der Waals surface area contributed by atoms with Gasteiger partial charge in [-0.25, -0.2) is 0 Å². The van der Waals surface area contributed by atoms with Gasteiger partial charge in [-0.15, -0.1) is 0 Å². The minimum Gasteiger partial charge on any atom is -0.464 e. The van der Waals surface area contributed by atoms with Gasteiger partial charge in [-0.3, -0.25) is 0 Å². The second-order valence-electron chi connectivity index (χ2n) is 3.18. The number of rotatable bonds is 6. The average Bonchev–Trinajstić information content (AvgIpc) is 2.25. The molecule has 1 aromatic rings. The fourth-order valence-corrected chi connectivity index (χ4v) is 0.998. The highest BCUT2D eigenvalue weighted by Gasteiger charge is 2.06. The Bertz CT molecular complexity index is 334. The third-order valence-corrected chi connectivity index (χ3v) is 1.87. The largest absolute Gasteiger partial charge is 0.464 e. The molecule has 1 atom stereocenters. The Morgan fingerprint density at radius 1 is 1.38 bits per heavy atom. The van der Waals surface area contributed by atoms with Crippen LogP contribution in [-0.2, 0) is 0 Å². The molecule has 90 valence electrons. The Hall–Kier alpha value is -1.63. The van der Waals surface area contributed by atoms with Crippen LogP contribution in [-0.4, -0.2) is 39.3 Å². The fourth-order valence-electron chi connectivity index (χ4n) is 0.998. The molecule has 0 radical (unpaired) electrons. The van der Waals surface area contributed by atoms with E-state index in [0.717, 1.165) is 0 Å². The summed E-state index contributed by atoms with van der Waals surface area (Å²) in [7, 11) is 0. The van der Waals surface area contributed by atoms with E-state index >= 15 is 0 Å². The Balaban J connectivity index is 2.64. The van der Waals surface area contributed by atoms with E-state index in [-0.39, 0.29) is 12.0 Å². The number of ether oxygens (including phenoxy) is 1. The van der Waals surface area contributed by atoms with Crippen LogP contribution in [0, 0.1) is 0 Å². The third-order valence-electron chi connectivity index (χ3n) is 1.87. The molecule has 0 saturated carbocycles. The zero-order valence-corrected chi connectivity index (χ0v) is 9.47. The first-order valence-electron chi connectivity index (χ1n) is 5.22. The number of nitrogens with zero attached hydrogens (tertiary/aromatic N) is 3. The number of aromatic nitrogens is 3. The van der Waals surface area contributed by atoms with Crippen LogP contribution in [0.25, 0.3) is 0 Å². The van der Waals surface area contributed by atoms with Gasteiger partial charge in [-0.1, -0.05) is 6.92 Å². The van der Waals surface area contributed by atoms with Crippen LogP contribution < -0.4 is 15.8 Å². The van der Waals surface area contributed by atoms with Crippen molar-refractivity contribution in [3.63, 3.8) is 0 Å². The topological polar surface area (TPSA) is 106 Å². The second-order valence-corrected chi connectivity index (χ2v) is 3.18. The number of hydrogen-bond acceptors (Lipinski definition) is 7. The van der Waals surface area contributed by atoms with Crippen molar-refractivity contribution >= 4 is 11.9 Å². The van der Waals surface area contributed by atoms with E-state index in [9.17, 15) is 5.11 Å². The maximum atomic E-state index is 9.37. The predicted octanol–water partition coefficient (Wildman–Crippen LogP) is 0.0353. The smallest absolute Gasteiger partial charge is 0.323 e. The highest BCUT2D eigenvalue weighted by molar-refractivity contribution is 5.32. The van der Waals surface area contributed by atoms with Crippen LogP contribution in [0.15, 0.2) is 0 Å². The van der Waals surface area contributed by atoms with E-state index in [2.05, 4.69) is 20.3 Å². The molecule has 1 aromatic heterocycles. The van der Waals surface area contributed by atoms with Crippen LogP contribution in [0.3, 0.4) is 0 Å². The first-order chi connectivity index (χ1) is 7.65. The Labute approximate surface area is 94.1 Å². The summed E-state index contributed by atoms with van der Waals surface area (Å²) in [6.45, 7) is 4.54. The first-order valence-corrected chi connectivity index (χ1v) is 5.22. The van der Waals surface area contributed by atoms with E-state index in [1.807, 2.05) is 13.8 Å². The summed E-state index contributed by atoms with van der Waals surface area (Å²) < 4.78 is 5.12. The number of nitrogens with two attached hydrogens (primary N) is 1.